The monoisotopic (exact) mass is 243 g/mol. The molecule has 0 atom stereocenters. The predicted molar refractivity (Wildman–Crippen MR) is 58.6 cm³/mol. The number of methoxy groups -OCH3 is 1. The van der Waals surface area contributed by atoms with Gasteiger partial charge >= 0.3 is 5.97 Å². The fourth-order valence-electron chi connectivity index (χ4n) is 1.34. The second-order valence-electron chi connectivity index (χ2n) is 3.18. The van der Waals surface area contributed by atoms with Crippen LogP contribution in [0.15, 0.2) is 12.1 Å². The number of nitrogens with zero attached hydrogens (tertiary/aromatic N) is 1. The fraction of sp³-hybridized carbons (Fsp3) is 0.300. The number of rotatable bonds is 3. The topological polar surface area (TPSA) is 69.4 Å². The first kappa shape index (κ1) is 12.4. The number of esters is 1. The molecule has 0 saturated heterocycles. The fourth-order valence-corrected chi connectivity index (χ4v) is 1.61. The van der Waals surface area contributed by atoms with Gasteiger partial charge in [-0.1, -0.05) is 11.6 Å². The van der Waals surface area contributed by atoms with E-state index in [-0.39, 0.29) is 12.1 Å². The largest absolute Gasteiger partial charge is 0.469 e. The van der Waals surface area contributed by atoms with Crippen molar-refractivity contribution in [2.24, 2.45) is 0 Å². The predicted octanol–water partition coefficient (Wildman–Crippen LogP) is 2.27. The summed E-state index contributed by atoms with van der Waals surface area (Å²) in [5, 5.41) is 11.0. The van der Waals surface area contributed by atoms with Gasteiger partial charge in [-0.05, 0) is 18.6 Å². The minimum atomic E-state index is -0.507. The summed E-state index contributed by atoms with van der Waals surface area (Å²) >= 11 is 5.88. The molecule has 0 N–H and O–H groups in total. The molecule has 0 saturated carbocycles. The third-order valence-electron chi connectivity index (χ3n) is 2.26. The molecule has 16 heavy (non-hydrogen) atoms. The van der Waals surface area contributed by atoms with E-state index in [1.807, 2.05) is 0 Å². The van der Waals surface area contributed by atoms with Crippen molar-refractivity contribution in [3.05, 3.63) is 38.4 Å². The molecule has 0 bridgehead atoms. The van der Waals surface area contributed by atoms with E-state index in [0.717, 1.165) is 0 Å². The zero-order chi connectivity index (χ0) is 12.3. The van der Waals surface area contributed by atoms with Crippen molar-refractivity contribution in [3.63, 3.8) is 0 Å². The summed E-state index contributed by atoms with van der Waals surface area (Å²) in [6.45, 7) is 1.56. The van der Waals surface area contributed by atoms with Gasteiger partial charge in [-0.15, -0.1) is 0 Å². The lowest BCUT2D eigenvalue weighted by Gasteiger charge is -2.07. The van der Waals surface area contributed by atoms with Gasteiger partial charge in [0, 0.05) is 16.7 Å². The van der Waals surface area contributed by atoms with E-state index >= 15 is 0 Å². The number of nitro groups is 1. The number of nitro benzene ring substituents is 1. The van der Waals surface area contributed by atoms with Gasteiger partial charge in [0.2, 0.25) is 0 Å². The normalized spacial score (nSPS) is 9.94. The number of ether oxygens (including phenoxy) is 1. The Hall–Kier alpha value is -1.62. The highest BCUT2D eigenvalue weighted by atomic mass is 35.5. The van der Waals surface area contributed by atoms with Gasteiger partial charge in [0.25, 0.3) is 5.69 Å². The minimum absolute atomic E-state index is 0.0525. The van der Waals surface area contributed by atoms with E-state index in [2.05, 4.69) is 4.74 Å². The molecule has 1 aromatic rings. The van der Waals surface area contributed by atoms with Crippen molar-refractivity contribution in [1.29, 1.82) is 0 Å². The molecule has 0 aliphatic rings. The van der Waals surface area contributed by atoms with Crippen molar-refractivity contribution < 1.29 is 14.5 Å². The Balaban J connectivity index is 3.21. The van der Waals surface area contributed by atoms with E-state index < -0.39 is 10.9 Å². The maximum Gasteiger partial charge on any atom is 0.310 e. The standard InChI is InChI=1S/C10H10ClNO4/c1-6-7(5-10(13)16-2)8(11)3-4-9(6)12(14)15/h3-4H,5H2,1-2H3. The van der Waals surface area contributed by atoms with Crippen LogP contribution in [-0.4, -0.2) is 18.0 Å². The van der Waals surface area contributed by atoms with Gasteiger partial charge < -0.3 is 4.74 Å². The summed E-state index contributed by atoms with van der Waals surface area (Å²) in [5.74, 6) is -0.481. The number of carbonyl (C=O) groups is 1. The highest BCUT2D eigenvalue weighted by molar-refractivity contribution is 6.31. The molecule has 1 aromatic carbocycles. The first-order valence-electron chi connectivity index (χ1n) is 4.46. The zero-order valence-electron chi connectivity index (χ0n) is 8.82. The van der Waals surface area contributed by atoms with E-state index in [0.29, 0.717) is 16.1 Å². The Morgan fingerprint density at radius 3 is 2.69 bits per heavy atom. The van der Waals surface area contributed by atoms with Gasteiger partial charge in [0.15, 0.2) is 0 Å². The van der Waals surface area contributed by atoms with Gasteiger partial charge in [-0.3, -0.25) is 14.9 Å². The summed E-state index contributed by atoms with van der Waals surface area (Å²) < 4.78 is 4.50. The van der Waals surface area contributed by atoms with Crippen molar-refractivity contribution in [2.75, 3.05) is 7.11 Å². The average molecular weight is 244 g/mol. The maximum absolute atomic E-state index is 11.1. The first-order valence-corrected chi connectivity index (χ1v) is 4.84. The third kappa shape index (κ3) is 2.49. The third-order valence-corrected chi connectivity index (χ3v) is 2.61. The lowest BCUT2D eigenvalue weighted by atomic mass is 10.0. The van der Waals surface area contributed by atoms with E-state index in [9.17, 15) is 14.9 Å². The molecule has 0 aliphatic heterocycles. The van der Waals surface area contributed by atoms with E-state index in [1.165, 1.54) is 19.2 Å². The van der Waals surface area contributed by atoms with Crippen LogP contribution in [0.25, 0.3) is 0 Å². The zero-order valence-corrected chi connectivity index (χ0v) is 9.58. The molecule has 1 rings (SSSR count). The molecular weight excluding hydrogens is 234 g/mol. The highest BCUT2D eigenvalue weighted by Gasteiger charge is 2.18. The van der Waals surface area contributed by atoms with Gasteiger partial charge in [0.05, 0.1) is 18.5 Å². The summed E-state index contributed by atoms with van der Waals surface area (Å²) in [6, 6.07) is 2.73. The molecular formula is C10H10ClNO4. The molecule has 0 aliphatic carbocycles. The molecule has 5 nitrogen and oxygen atoms in total. The van der Waals surface area contributed by atoms with Gasteiger partial charge in [-0.2, -0.15) is 0 Å². The molecule has 0 spiro atoms. The molecule has 0 fully saturated rings. The smallest absolute Gasteiger partial charge is 0.310 e. The quantitative estimate of drug-likeness (QED) is 0.464. The lowest BCUT2D eigenvalue weighted by molar-refractivity contribution is -0.385. The molecule has 86 valence electrons. The van der Waals surface area contributed by atoms with Crippen molar-refractivity contribution >= 4 is 23.3 Å². The molecule has 0 unspecified atom stereocenters. The summed E-state index contributed by atoms with van der Waals surface area (Å²) in [4.78, 5) is 21.3. The van der Waals surface area contributed by atoms with Crippen molar-refractivity contribution in [2.45, 2.75) is 13.3 Å². The van der Waals surface area contributed by atoms with Crippen LogP contribution in [0.1, 0.15) is 11.1 Å². The SMILES string of the molecule is COC(=O)Cc1c(Cl)ccc([N+](=O)[O-])c1C. The molecule has 0 amide bonds. The van der Waals surface area contributed by atoms with Crippen LogP contribution < -0.4 is 0 Å². The van der Waals surface area contributed by atoms with Crippen LogP contribution in [0, 0.1) is 17.0 Å². The number of benzene rings is 1. The minimum Gasteiger partial charge on any atom is -0.469 e. The van der Waals surface area contributed by atoms with E-state index in [4.69, 9.17) is 11.6 Å². The van der Waals surface area contributed by atoms with Crippen LogP contribution in [-0.2, 0) is 16.0 Å². The van der Waals surface area contributed by atoms with Crippen molar-refractivity contribution in [1.82, 2.24) is 0 Å². The number of carbonyl (C=O) groups excluding carboxylic acids is 1. The average Bonchev–Trinajstić information content (AvgIpc) is 2.23. The molecule has 0 aromatic heterocycles. The number of hydrogen-bond acceptors (Lipinski definition) is 4. The van der Waals surface area contributed by atoms with Crippen LogP contribution in [0.5, 0.6) is 0 Å². The van der Waals surface area contributed by atoms with Crippen LogP contribution in [0.2, 0.25) is 5.02 Å². The van der Waals surface area contributed by atoms with Crippen molar-refractivity contribution in [3.8, 4) is 0 Å². The molecule has 6 heteroatoms. The van der Waals surface area contributed by atoms with Crippen LogP contribution in [0.3, 0.4) is 0 Å². The van der Waals surface area contributed by atoms with Gasteiger partial charge in [0.1, 0.15) is 0 Å². The second kappa shape index (κ2) is 4.94. The van der Waals surface area contributed by atoms with E-state index in [1.54, 1.807) is 6.92 Å². The number of hydrogen-bond donors (Lipinski definition) is 0. The highest BCUT2D eigenvalue weighted by Crippen LogP contribution is 2.28. The summed E-state index contributed by atoms with van der Waals surface area (Å²) in [5.41, 5.74) is 0.772. The molecule has 0 heterocycles. The Labute approximate surface area is 97.1 Å². The summed E-state index contributed by atoms with van der Waals surface area (Å²) in [7, 11) is 1.25. The second-order valence-corrected chi connectivity index (χ2v) is 3.59. The number of halogens is 1. The van der Waals surface area contributed by atoms with Gasteiger partial charge in [-0.25, -0.2) is 0 Å². The molecule has 0 radical (unpaired) electrons. The maximum atomic E-state index is 11.1. The summed E-state index contributed by atoms with van der Waals surface area (Å²) in [6.07, 6.45) is -0.0666. The first-order chi connectivity index (χ1) is 7.47. The Kier molecular flexibility index (Phi) is 3.84. The Bertz CT molecular complexity index is 445. The lowest BCUT2D eigenvalue weighted by Crippen LogP contribution is -2.07. The Morgan fingerprint density at radius 1 is 1.56 bits per heavy atom. The Morgan fingerprint density at radius 2 is 2.19 bits per heavy atom. The van der Waals surface area contributed by atoms with Crippen LogP contribution >= 0.6 is 11.6 Å². The van der Waals surface area contributed by atoms with Crippen LogP contribution in [0.4, 0.5) is 5.69 Å².